The summed E-state index contributed by atoms with van der Waals surface area (Å²) in [5, 5.41) is 9.73. The molecule has 2 unspecified atom stereocenters. The molecular weight excluding hydrogens is 217 g/mol. The molecule has 3 heteroatoms. The van der Waals surface area contributed by atoms with Gasteiger partial charge in [0.05, 0.1) is 6.10 Å². The highest BCUT2D eigenvalue weighted by Gasteiger charge is 2.39. The number of fused-ring (bicyclic) bond motifs is 2. The Hall–Kier alpha value is -0.930. The molecule has 0 saturated carbocycles. The topological polar surface area (TPSA) is 23.5 Å². The van der Waals surface area contributed by atoms with Crippen LogP contribution in [0.25, 0.3) is 0 Å². The van der Waals surface area contributed by atoms with Crippen LogP contribution in [0.5, 0.6) is 0 Å². The Labute approximate surface area is 101 Å². The van der Waals surface area contributed by atoms with E-state index in [2.05, 4.69) is 4.90 Å². The third-order valence-corrected chi connectivity index (χ3v) is 4.11. The van der Waals surface area contributed by atoms with E-state index in [0.29, 0.717) is 12.1 Å². The number of aliphatic hydroxyl groups is 1. The Morgan fingerprint density at radius 1 is 1.24 bits per heavy atom. The van der Waals surface area contributed by atoms with E-state index in [4.69, 9.17) is 0 Å². The number of halogens is 1. The van der Waals surface area contributed by atoms with Crippen LogP contribution in [0.15, 0.2) is 24.3 Å². The lowest BCUT2D eigenvalue weighted by atomic mass is 9.99. The minimum Gasteiger partial charge on any atom is -0.393 e. The number of hydrogen-bond donors (Lipinski definition) is 1. The standard InChI is InChI=1S/C14H18FNO/c15-11-3-1-2-10(6-11)9-16-12-4-5-13(16)8-14(17)7-12/h1-3,6,12-14,17H,4-5,7-9H2. The zero-order chi connectivity index (χ0) is 11.8. The summed E-state index contributed by atoms with van der Waals surface area (Å²) in [5.41, 5.74) is 1.04. The van der Waals surface area contributed by atoms with Crippen LogP contribution in [0.2, 0.25) is 0 Å². The van der Waals surface area contributed by atoms with Gasteiger partial charge < -0.3 is 5.11 Å². The van der Waals surface area contributed by atoms with Crippen LogP contribution in [0.3, 0.4) is 0 Å². The molecule has 17 heavy (non-hydrogen) atoms. The van der Waals surface area contributed by atoms with Crippen LogP contribution >= 0.6 is 0 Å². The highest BCUT2D eigenvalue weighted by molar-refractivity contribution is 5.17. The Balaban J connectivity index is 1.74. The van der Waals surface area contributed by atoms with Crippen LogP contribution < -0.4 is 0 Å². The van der Waals surface area contributed by atoms with Gasteiger partial charge in [0.1, 0.15) is 5.82 Å². The number of nitrogens with zero attached hydrogens (tertiary/aromatic N) is 1. The van der Waals surface area contributed by atoms with E-state index < -0.39 is 0 Å². The highest BCUT2D eigenvalue weighted by atomic mass is 19.1. The Bertz CT molecular complexity index is 395. The van der Waals surface area contributed by atoms with Crippen molar-refractivity contribution in [3.05, 3.63) is 35.6 Å². The fraction of sp³-hybridized carbons (Fsp3) is 0.571. The zero-order valence-electron chi connectivity index (χ0n) is 9.85. The molecule has 2 bridgehead atoms. The van der Waals surface area contributed by atoms with Gasteiger partial charge in [0.15, 0.2) is 0 Å². The molecule has 1 aromatic carbocycles. The second-order valence-electron chi connectivity index (χ2n) is 5.31. The Morgan fingerprint density at radius 3 is 2.59 bits per heavy atom. The van der Waals surface area contributed by atoms with Gasteiger partial charge >= 0.3 is 0 Å². The second kappa shape index (κ2) is 4.39. The SMILES string of the molecule is OC1CC2CCC(C1)N2Cc1cccc(F)c1. The lowest BCUT2D eigenvalue weighted by Crippen LogP contribution is -2.44. The van der Waals surface area contributed by atoms with Crippen LogP contribution in [0.4, 0.5) is 4.39 Å². The molecule has 92 valence electrons. The first-order valence-corrected chi connectivity index (χ1v) is 6.40. The molecule has 3 rings (SSSR count). The maximum Gasteiger partial charge on any atom is 0.123 e. The van der Waals surface area contributed by atoms with Gasteiger partial charge in [-0.2, -0.15) is 0 Å². The molecule has 0 aromatic heterocycles. The molecule has 2 nitrogen and oxygen atoms in total. The van der Waals surface area contributed by atoms with Crippen LogP contribution in [-0.2, 0) is 6.54 Å². The molecular formula is C14H18FNO. The Kier molecular flexibility index (Phi) is 2.89. The summed E-state index contributed by atoms with van der Waals surface area (Å²) in [6.07, 6.45) is 3.99. The van der Waals surface area contributed by atoms with Crippen molar-refractivity contribution >= 4 is 0 Å². The van der Waals surface area contributed by atoms with Crippen molar-refractivity contribution in [3.63, 3.8) is 0 Å². The second-order valence-corrected chi connectivity index (χ2v) is 5.31. The largest absolute Gasteiger partial charge is 0.393 e. The number of piperidine rings is 1. The molecule has 1 N–H and O–H groups in total. The first-order valence-electron chi connectivity index (χ1n) is 6.40. The highest BCUT2D eigenvalue weighted by Crippen LogP contribution is 2.36. The van der Waals surface area contributed by atoms with Gasteiger partial charge in [0, 0.05) is 18.6 Å². The summed E-state index contributed by atoms with van der Waals surface area (Å²) in [5.74, 6) is -0.160. The van der Waals surface area contributed by atoms with Crippen molar-refractivity contribution in [2.24, 2.45) is 0 Å². The summed E-state index contributed by atoms with van der Waals surface area (Å²) in [7, 11) is 0. The van der Waals surface area contributed by atoms with Crippen molar-refractivity contribution in [1.29, 1.82) is 0 Å². The third-order valence-electron chi connectivity index (χ3n) is 4.11. The maximum atomic E-state index is 13.1. The molecule has 2 saturated heterocycles. The molecule has 0 aliphatic carbocycles. The van der Waals surface area contributed by atoms with Gasteiger partial charge in [-0.3, -0.25) is 4.90 Å². The van der Waals surface area contributed by atoms with Gasteiger partial charge in [0.25, 0.3) is 0 Å². The van der Waals surface area contributed by atoms with E-state index in [9.17, 15) is 9.50 Å². The average Bonchev–Trinajstić information content (AvgIpc) is 2.54. The molecule has 2 aliphatic rings. The smallest absolute Gasteiger partial charge is 0.123 e. The molecule has 2 aliphatic heterocycles. The lowest BCUT2D eigenvalue weighted by Gasteiger charge is -2.37. The first kappa shape index (κ1) is 11.2. The summed E-state index contributed by atoms with van der Waals surface area (Å²) >= 11 is 0. The molecule has 2 fully saturated rings. The third kappa shape index (κ3) is 2.22. The van der Waals surface area contributed by atoms with E-state index in [1.54, 1.807) is 12.1 Å². The predicted octanol–water partition coefficient (Wildman–Crippen LogP) is 2.31. The molecule has 0 amide bonds. The zero-order valence-corrected chi connectivity index (χ0v) is 9.85. The van der Waals surface area contributed by atoms with Crippen LogP contribution in [-0.4, -0.2) is 28.2 Å². The molecule has 2 atom stereocenters. The van der Waals surface area contributed by atoms with Gasteiger partial charge in [-0.1, -0.05) is 12.1 Å². The quantitative estimate of drug-likeness (QED) is 0.850. The minimum atomic E-state index is -0.160. The molecule has 0 radical (unpaired) electrons. The van der Waals surface area contributed by atoms with E-state index in [0.717, 1.165) is 24.9 Å². The van der Waals surface area contributed by atoms with Crippen molar-refractivity contribution in [2.75, 3.05) is 0 Å². The van der Waals surface area contributed by atoms with Crippen molar-refractivity contribution in [3.8, 4) is 0 Å². The van der Waals surface area contributed by atoms with E-state index in [1.807, 2.05) is 6.07 Å². The van der Waals surface area contributed by atoms with Gasteiger partial charge in [-0.15, -0.1) is 0 Å². The fourth-order valence-electron chi connectivity index (χ4n) is 3.35. The molecule has 2 heterocycles. The molecule has 0 spiro atoms. The van der Waals surface area contributed by atoms with Gasteiger partial charge in [-0.25, -0.2) is 4.39 Å². The summed E-state index contributed by atoms with van der Waals surface area (Å²) in [6.45, 7) is 0.819. The van der Waals surface area contributed by atoms with Gasteiger partial charge in [0.2, 0.25) is 0 Å². The Morgan fingerprint density at radius 2 is 1.94 bits per heavy atom. The summed E-state index contributed by atoms with van der Waals surface area (Å²) in [6, 6.07) is 7.83. The number of aliphatic hydroxyl groups excluding tert-OH is 1. The van der Waals surface area contributed by atoms with Crippen molar-refractivity contribution < 1.29 is 9.50 Å². The monoisotopic (exact) mass is 235 g/mol. The van der Waals surface area contributed by atoms with Crippen molar-refractivity contribution in [1.82, 2.24) is 4.90 Å². The maximum absolute atomic E-state index is 13.1. The number of hydrogen-bond acceptors (Lipinski definition) is 2. The number of rotatable bonds is 2. The van der Waals surface area contributed by atoms with Crippen LogP contribution in [0.1, 0.15) is 31.2 Å². The normalized spacial score (nSPS) is 32.9. The molecule has 1 aromatic rings. The average molecular weight is 235 g/mol. The first-order chi connectivity index (χ1) is 8.22. The summed E-state index contributed by atoms with van der Waals surface area (Å²) < 4.78 is 13.1. The van der Waals surface area contributed by atoms with Crippen molar-refractivity contribution in [2.45, 2.75) is 50.4 Å². The fourth-order valence-corrected chi connectivity index (χ4v) is 3.35. The van der Waals surface area contributed by atoms with E-state index in [-0.39, 0.29) is 11.9 Å². The van der Waals surface area contributed by atoms with E-state index >= 15 is 0 Å². The minimum absolute atomic E-state index is 0.128. The summed E-state index contributed by atoms with van der Waals surface area (Å²) in [4.78, 5) is 2.45. The van der Waals surface area contributed by atoms with Gasteiger partial charge in [-0.05, 0) is 43.4 Å². The van der Waals surface area contributed by atoms with E-state index in [1.165, 1.54) is 18.9 Å². The van der Waals surface area contributed by atoms with Crippen LogP contribution in [0, 0.1) is 5.82 Å². The number of benzene rings is 1. The lowest BCUT2D eigenvalue weighted by molar-refractivity contribution is 0.0310. The predicted molar refractivity (Wildman–Crippen MR) is 64.0 cm³/mol.